The van der Waals surface area contributed by atoms with E-state index in [-0.39, 0.29) is 11.8 Å². The van der Waals surface area contributed by atoms with Crippen LogP contribution in [-0.4, -0.2) is 24.2 Å². The van der Waals surface area contributed by atoms with Crippen LogP contribution in [0, 0.1) is 19.3 Å². The van der Waals surface area contributed by atoms with Crippen molar-refractivity contribution in [2.75, 3.05) is 18.0 Å². The zero-order valence-electron chi connectivity index (χ0n) is 12.1. The average Bonchev–Trinajstić information content (AvgIpc) is 2.26. The Balaban J connectivity index is 2.19. The Morgan fingerprint density at radius 3 is 2.79 bits per heavy atom. The van der Waals surface area contributed by atoms with Gasteiger partial charge in [-0.15, -0.1) is 0 Å². The lowest BCUT2D eigenvalue weighted by molar-refractivity contribution is -0.139. The standard InChI is InChI=1S/C16H23NO2/c1-12-5-6-14(13(2)9-12)17-8-4-7-16(3,11-17)10-15(18)19/h5-6,9H,4,7-8,10-11H2,1-3H3,(H,18,19). The summed E-state index contributed by atoms with van der Waals surface area (Å²) < 4.78 is 0. The first-order chi connectivity index (χ1) is 8.89. The molecule has 0 bridgehead atoms. The quantitative estimate of drug-likeness (QED) is 0.906. The molecule has 1 atom stereocenters. The molecular weight excluding hydrogens is 238 g/mol. The number of rotatable bonds is 3. The van der Waals surface area contributed by atoms with E-state index in [1.165, 1.54) is 16.8 Å². The fourth-order valence-electron chi connectivity index (χ4n) is 3.19. The van der Waals surface area contributed by atoms with Crippen molar-refractivity contribution in [3.8, 4) is 0 Å². The van der Waals surface area contributed by atoms with Gasteiger partial charge in [0.15, 0.2) is 0 Å². The van der Waals surface area contributed by atoms with E-state index >= 15 is 0 Å². The van der Waals surface area contributed by atoms with Crippen molar-refractivity contribution in [1.29, 1.82) is 0 Å². The molecule has 1 unspecified atom stereocenters. The first-order valence-corrected chi connectivity index (χ1v) is 6.94. The number of nitrogens with zero attached hydrogens (tertiary/aromatic N) is 1. The lowest BCUT2D eigenvalue weighted by Crippen LogP contribution is -2.43. The van der Waals surface area contributed by atoms with Crippen molar-refractivity contribution in [3.63, 3.8) is 0 Å². The monoisotopic (exact) mass is 261 g/mol. The number of anilines is 1. The van der Waals surface area contributed by atoms with Crippen LogP contribution < -0.4 is 4.90 Å². The fourth-order valence-corrected chi connectivity index (χ4v) is 3.19. The number of benzene rings is 1. The predicted octanol–water partition coefficient (Wildman–Crippen LogP) is 3.38. The van der Waals surface area contributed by atoms with E-state index in [1.54, 1.807) is 0 Å². The fraction of sp³-hybridized carbons (Fsp3) is 0.562. The van der Waals surface area contributed by atoms with Crippen molar-refractivity contribution >= 4 is 11.7 Å². The summed E-state index contributed by atoms with van der Waals surface area (Å²) >= 11 is 0. The number of piperidine rings is 1. The largest absolute Gasteiger partial charge is 0.481 e. The highest BCUT2D eigenvalue weighted by Crippen LogP contribution is 2.36. The summed E-state index contributed by atoms with van der Waals surface area (Å²) in [5.74, 6) is -0.690. The molecule has 3 heteroatoms. The molecule has 1 aromatic carbocycles. The number of carboxylic acid groups (broad SMARTS) is 1. The van der Waals surface area contributed by atoms with E-state index in [0.29, 0.717) is 0 Å². The van der Waals surface area contributed by atoms with Crippen molar-refractivity contribution in [3.05, 3.63) is 29.3 Å². The third kappa shape index (κ3) is 3.28. The van der Waals surface area contributed by atoms with Gasteiger partial charge in [-0.1, -0.05) is 24.6 Å². The molecule has 1 aliphatic heterocycles. The number of aryl methyl sites for hydroxylation is 2. The van der Waals surface area contributed by atoms with Gasteiger partial charge in [-0.25, -0.2) is 0 Å². The summed E-state index contributed by atoms with van der Waals surface area (Å²) in [6, 6.07) is 6.49. The second-order valence-corrected chi connectivity index (χ2v) is 6.20. The highest BCUT2D eigenvalue weighted by Gasteiger charge is 2.33. The zero-order valence-corrected chi connectivity index (χ0v) is 12.1. The first kappa shape index (κ1) is 13.9. The molecule has 1 N–H and O–H groups in total. The molecule has 0 aromatic heterocycles. The Hall–Kier alpha value is -1.51. The number of carboxylic acids is 1. The molecule has 1 aromatic rings. The molecular formula is C16H23NO2. The summed E-state index contributed by atoms with van der Waals surface area (Å²) in [4.78, 5) is 13.4. The maximum absolute atomic E-state index is 11.0. The van der Waals surface area contributed by atoms with Crippen molar-refractivity contribution < 1.29 is 9.90 Å². The van der Waals surface area contributed by atoms with E-state index in [0.717, 1.165) is 25.9 Å². The number of hydrogen-bond acceptors (Lipinski definition) is 2. The number of aliphatic carboxylic acids is 1. The molecule has 1 fully saturated rings. The molecule has 3 nitrogen and oxygen atoms in total. The number of hydrogen-bond donors (Lipinski definition) is 1. The van der Waals surface area contributed by atoms with E-state index in [4.69, 9.17) is 5.11 Å². The Kier molecular flexibility index (Phi) is 3.83. The van der Waals surface area contributed by atoms with Gasteiger partial charge in [-0.05, 0) is 43.7 Å². The summed E-state index contributed by atoms with van der Waals surface area (Å²) in [5.41, 5.74) is 3.69. The van der Waals surface area contributed by atoms with Crippen LogP contribution in [0.2, 0.25) is 0 Å². The van der Waals surface area contributed by atoms with Crippen LogP contribution in [0.4, 0.5) is 5.69 Å². The van der Waals surface area contributed by atoms with Crippen molar-refractivity contribution in [1.82, 2.24) is 0 Å². The molecule has 0 amide bonds. The van der Waals surface area contributed by atoms with Gasteiger partial charge in [0.05, 0.1) is 6.42 Å². The third-order valence-electron chi connectivity index (χ3n) is 4.05. The summed E-state index contributed by atoms with van der Waals surface area (Å²) in [7, 11) is 0. The third-order valence-corrected chi connectivity index (χ3v) is 4.05. The Bertz CT molecular complexity index is 484. The molecule has 0 saturated carbocycles. The van der Waals surface area contributed by atoms with Crippen LogP contribution in [0.5, 0.6) is 0 Å². The second-order valence-electron chi connectivity index (χ2n) is 6.20. The molecule has 19 heavy (non-hydrogen) atoms. The predicted molar refractivity (Wildman–Crippen MR) is 77.7 cm³/mol. The van der Waals surface area contributed by atoms with E-state index < -0.39 is 5.97 Å². The van der Waals surface area contributed by atoms with Gasteiger partial charge < -0.3 is 10.0 Å². The van der Waals surface area contributed by atoms with Crippen LogP contribution in [0.3, 0.4) is 0 Å². The normalized spacial score (nSPS) is 23.4. The lowest BCUT2D eigenvalue weighted by atomic mass is 9.79. The smallest absolute Gasteiger partial charge is 0.303 e. The van der Waals surface area contributed by atoms with Crippen LogP contribution in [-0.2, 0) is 4.79 Å². The molecule has 0 aliphatic carbocycles. The van der Waals surface area contributed by atoms with Gasteiger partial charge in [0.2, 0.25) is 0 Å². The Morgan fingerprint density at radius 2 is 2.16 bits per heavy atom. The Labute approximate surface area is 115 Å². The number of carbonyl (C=O) groups is 1. The topological polar surface area (TPSA) is 40.5 Å². The SMILES string of the molecule is Cc1ccc(N2CCCC(C)(CC(=O)O)C2)c(C)c1. The van der Waals surface area contributed by atoms with E-state index in [1.807, 2.05) is 0 Å². The van der Waals surface area contributed by atoms with E-state index in [2.05, 4.69) is 43.9 Å². The van der Waals surface area contributed by atoms with Gasteiger partial charge in [-0.3, -0.25) is 4.79 Å². The summed E-state index contributed by atoms with van der Waals surface area (Å²) in [5, 5.41) is 9.06. The minimum absolute atomic E-state index is 0.110. The molecule has 0 radical (unpaired) electrons. The molecule has 1 aliphatic rings. The van der Waals surface area contributed by atoms with Gasteiger partial charge in [-0.2, -0.15) is 0 Å². The van der Waals surface area contributed by atoms with E-state index in [9.17, 15) is 4.79 Å². The molecule has 104 valence electrons. The van der Waals surface area contributed by atoms with Gasteiger partial charge in [0.25, 0.3) is 0 Å². The first-order valence-electron chi connectivity index (χ1n) is 6.94. The molecule has 1 saturated heterocycles. The molecule has 1 heterocycles. The minimum atomic E-state index is -0.690. The maximum atomic E-state index is 11.0. The van der Waals surface area contributed by atoms with Crippen LogP contribution in [0.25, 0.3) is 0 Å². The summed E-state index contributed by atoms with van der Waals surface area (Å²) in [6.07, 6.45) is 2.33. The van der Waals surface area contributed by atoms with Gasteiger partial charge >= 0.3 is 5.97 Å². The maximum Gasteiger partial charge on any atom is 0.303 e. The Morgan fingerprint density at radius 1 is 1.42 bits per heavy atom. The average molecular weight is 261 g/mol. The lowest BCUT2D eigenvalue weighted by Gasteiger charge is -2.41. The highest BCUT2D eigenvalue weighted by atomic mass is 16.4. The van der Waals surface area contributed by atoms with Gasteiger partial charge in [0.1, 0.15) is 0 Å². The molecule has 0 spiro atoms. The molecule has 2 rings (SSSR count). The van der Waals surface area contributed by atoms with Crippen molar-refractivity contribution in [2.24, 2.45) is 5.41 Å². The minimum Gasteiger partial charge on any atom is -0.481 e. The second kappa shape index (κ2) is 5.24. The van der Waals surface area contributed by atoms with Crippen LogP contribution in [0.1, 0.15) is 37.3 Å². The van der Waals surface area contributed by atoms with Crippen LogP contribution >= 0.6 is 0 Å². The van der Waals surface area contributed by atoms with Gasteiger partial charge in [0, 0.05) is 18.8 Å². The zero-order chi connectivity index (χ0) is 14.0. The van der Waals surface area contributed by atoms with Crippen LogP contribution in [0.15, 0.2) is 18.2 Å². The highest BCUT2D eigenvalue weighted by molar-refractivity contribution is 5.68. The summed E-state index contributed by atoms with van der Waals surface area (Å²) in [6.45, 7) is 8.19. The van der Waals surface area contributed by atoms with Crippen molar-refractivity contribution in [2.45, 2.75) is 40.0 Å².